The Morgan fingerprint density at radius 2 is 1.79 bits per heavy atom. The average molecular weight is 423 g/mol. The second-order valence-corrected chi connectivity index (χ2v) is 9.06. The molecule has 2 aromatic rings. The summed E-state index contributed by atoms with van der Waals surface area (Å²) < 4.78 is 25.8. The first-order chi connectivity index (χ1) is 13.3. The van der Waals surface area contributed by atoms with Crippen molar-refractivity contribution in [2.24, 2.45) is 0 Å². The summed E-state index contributed by atoms with van der Waals surface area (Å²) in [6.45, 7) is 1.44. The van der Waals surface area contributed by atoms with Gasteiger partial charge in [0.15, 0.2) is 0 Å². The van der Waals surface area contributed by atoms with Gasteiger partial charge in [-0.15, -0.1) is 11.8 Å². The zero-order valence-corrected chi connectivity index (χ0v) is 17.2. The Balaban J connectivity index is 1.75. The van der Waals surface area contributed by atoms with Crippen LogP contribution in [0.2, 0.25) is 0 Å². The van der Waals surface area contributed by atoms with Gasteiger partial charge in [0.2, 0.25) is 15.9 Å². The standard InChI is InChI=1S/C18H22N4O4S2/c1-14-5-7-16(8-6-14)28(25,26)22(2)11-17(23)20-21-18(24)13-27-12-15-4-3-9-19-10-15/h3-10H,11-13H2,1-2H3,(H,20,23)(H,21,24). The van der Waals surface area contributed by atoms with Gasteiger partial charge in [0, 0.05) is 25.2 Å². The first-order valence-electron chi connectivity index (χ1n) is 8.36. The molecule has 0 bridgehead atoms. The molecule has 0 aliphatic carbocycles. The largest absolute Gasteiger partial charge is 0.272 e. The Morgan fingerprint density at radius 3 is 2.43 bits per heavy atom. The SMILES string of the molecule is Cc1ccc(S(=O)(=O)N(C)CC(=O)NNC(=O)CSCc2cccnc2)cc1. The van der Waals surface area contributed by atoms with Crippen LogP contribution in [0.15, 0.2) is 53.7 Å². The lowest BCUT2D eigenvalue weighted by molar-refractivity contribution is -0.127. The minimum atomic E-state index is -3.78. The fourth-order valence-electron chi connectivity index (χ4n) is 2.14. The van der Waals surface area contributed by atoms with Gasteiger partial charge in [-0.25, -0.2) is 8.42 Å². The smallest absolute Gasteiger partial charge is 0.253 e. The van der Waals surface area contributed by atoms with Crippen LogP contribution >= 0.6 is 11.8 Å². The minimum Gasteiger partial charge on any atom is -0.272 e. The summed E-state index contributed by atoms with van der Waals surface area (Å²) in [7, 11) is -2.48. The van der Waals surface area contributed by atoms with Crippen molar-refractivity contribution in [3.05, 3.63) is 59.9 Å². The number of hydrogen-bond donors (Lipinski definition) is 2. The lowest BCUT2D eigenvalue weighted by atomic mass is 10.2. The third-order valence-electron chi connectivity index (χ3n) is 3.66. The second kappa shape index (κ2) is 10.2. The molecule has 2 N–H and O–H groups in total. The number of nitrogens with zero attached hydrogens (tertiary/aromatic N) is 2. The molecule has 0 atom stereocenters. The zero-order valence-electron chi connectivity index (χ0n) is 15.6. The molecule has 1 heterocycles. The maximum absolute atomic E-state index is 12.4. The zero-order chi connectivity index (χ0) is 20.6. The molecule has 1 aromatic carbocycles. The van der Waals surface area contributed by atoms with Gasteiger partial charge in [-0.1, -0.05) is 23.8 Å². The first-order valence-corrected chi connectivity index (χ1v) is 11.0. The summed E-state index contributed by atoms with van der Waals surface area (Å²) in [4.78, 5) is 27.8. The number of pyridine rings is 1. The molecular formula is C18H22N4O4S2. The number of nitrogens with one attached hydrogen (secondary N) is 2. The highest BCUT2D eigenvalue weighted by Gasteiger charge is 2.22. The van der Waals surface area contributed by atoms with E-state index >= 15 is 0 Å². The number of carbonyl (C=O) groups is 2. The number of benzene rings is 1. The topological polar surface area (TPSA) is 108 Å². The van der Waals surface area contributed by atoms with Crippen molar-refractivity contribution in [1.29, 1.82) is 0 Å². The molecule has 28 heavy (non-hydrogen) atoms. The monoisotopic (exact) mass is 422 g/mol. The molecule has 0 unspecified atom stereocenters. The van der Waals surface area contributed by atoms with Crippen LogP contribution < -0.4 is 10.9 Å². The van der Waals surface area contributed by atoms with E-state index in [4.69, 9.17) is 0 Å². The summed E-state index contributed by atoms with van der Waals surface area (Å²) in [5.74, 6) is -0.255. The van der Waals surface area contributed by atoms with Crippen molar-refractivity contribution >= 4 is 33.6 Å². The van der Waals surface area contributed by atoms with E-state index in [0.29, 0.717) is 5.75 Å². The van der Waals surface area contributed by atoms with Gasteiger partial charge in [0.05, 0.1) is 17.2 Å². The Hall–Kier alpha value is -2.43. The van der Waals surface area contributed by atoms with Crippen molar-refractivity contribution in [1.82, 2.24) is 20.1 Å². The molecule has 10 heteroatoms. The number of hydrogen-bond acceptors (Lipinski definition) is 6. The van der Waals surface area contributed by atoms with Crippen molar-refractivity contribution in [3.63, 3.8) is 0 Å². The van der Waals surface area contributed by atoms with E-state index in [0.717, 1.165) is 15.4 Å². The molecule has 0 aliphatic heterocycles. The third-order valence-corrected chi connectivity index (χ3v) is 6.48. The summed E-state index contributed by atoms with van der Waals surface area (Å²) in [6, 6.07) is 10.1. The number of amides is 2. The van der Waals surface area contributed by atoms with Crippen molar-refractivity contribution in [3.8, 4) is 0 Å². The Bertz CT molecular complexity index is 903. The molecule has 2 rings (SSSR count). The van der Waals surface area contributed by atoms with Crippen LogP contribution in [0.3, 0.4) is 0 Å². The molecule has 0 saturated heterocycles. The quantitative estimate of drug-likeness (QED) is 0.617. The predicted octanol–water partition coefficient (Wildman–Crippen LogP) is 1.09. The lowest BCUT2D eigenvalue weighted by Gasteiger charge is -2.17. The Morgan fingerprint density at radius 1 is 1.11 bits per heavy atom. The van der Waals surface area contributed by atoms with E-state index in [1.165, 1.54) is 30.9 Å². The fraction of sp³-hybridized carbons (Fsp3) is 0.278. The van der Waals surface area contributed by atoms with Crippen molar-refractivity contribution in [2.45, 2.75) is 17.6 Å². The van der Waals surface area contributed by atoms with Gasteiger partial charge in [-0.3, -0.25) is 25.4 Å². The molecule has 0 aliphatic rings. The normalized spacial score (nSPS) is 11.2. The third kappa shape index (κ3) is 6.63. The van der Waals surface area contributed by atoms with Crippen LogP contribution in [-0.4, -0.2) is 48.9 Å². The van der Waals surface area contributed by atoms with E-state index in [2.05, 4.69) is 15.8 Å². The average Bonchev–Trinajstić information content (AvgIpc) is 2.67. The molecule has 2 amide bonds. The Kier molecular flexibility index (Phi) is 7.97. The molecule has 1 aromatic heterocycles. The maximum atomic E-state index is 12.4. The van der Waals surface area contributed by atoms with E-state index in [9.17, 15) is 18.0 Å². The predicted molar refractivity (Wildman–Crippen MR) is 108 cm³/mol. The highest BCUT2D eigenvalue weighted by molar-refractivity contribution is 7.99. The maximum Gasteiger partial charge on any atom is 0.253 e. The summed E-state index contributed by atoms with van der Waals surface area (Å²) >= 11 is 1.37. The van der Waals surface area contributed by atoms with Gasteiger partial charge in [0.1, 0.15) is 0 Å². The van der Waals surface area contributed by atoms with Gasteiger partial charge in [-0.2, -0.15) is 4.31 Å². The number of sulfonamides is 1. The number of thioether (sulfide) groups is 1. The van der Waals surface area contributed by atoms with E-state index < -0.39 is 22.5 Å². The Labute approximate surface area is 168 Å². The van der Waals surface area contributed by atoms with Crippen LogP contribution in [0, 0.1) is 6.92 Å². The number of carbonyl (C=O) groups excluding carboxylic acids is 2. The summed E-state index contributed by atoms with van der Waals surface area (Å²) in [5, 5.41) is 0. The molecule has 0 fully saturated rings. The minimum absolute atomic E-state index is 0.101. The summed E-state index contributed by atoms with van der Waals surface area (Å²) in [5.41, 5.74) is 6.43. The number of hydrazine groups is 1. The second-order valence-electron chi connectivity index (χ2n) is 6.02. The van der Waals surface area contributed by atoms with Gasteiger partial charge in [-0.05, 0) is 30.7 Å². The van der Waals surface area contributed by atoms with Crippen LogP contribution in [0.25, 0.3) is 0 Å². The summed E-state index contributed by atoms with van der Waals surface area (Å²) in [6.07, 6.45) is 3.39. The van der Waals surface area contributed by atoms with Gasteiger partial charge >= 0.3 is 0 Å². The van der Waals surface area contributed by atoms with Gasteiger partial charge < -0.3 is 0 Å². The molecule has 150 valence electrons. The molecule has 8 nitrogen and oxygen atoms in total. The van der Waals surface area contributed by atoms with Crippen LogP contribution in [0.4, 0.5) is 0 Å². The van der Waals surface area contributed by atoms with E-state index in [1.54, 1.807) is 24.5 Å². The highest BCUT2D eigenvalue weighted by atomic mass is 32.2. The number of rotatable bonds is 8. The number of likely N-dealkylation sites (N-methyl/N-ethyl adjacent to an activating group) is 1. The number of aromatic nitrogens is 1. The van der Waals surface area contributed by atoms with Gasteiger partial charge in [0.25, 0.3) is 5.91 Å². The molecule has 0 radical (unpaired) electrons. The van der Waals surface area contributed by atoms with Crippen LogP contribution in [0.5, 0.6) is 0 Å². The first kappa shape index (κ1) is 21.9. The van der Waals surface area contributed by atoms with Crippen molar-refractivity contribution in [2.75, 3.05) is 19.3 Å². The number of aryl methyl sites for hydroxylation is 1. The highest BCUT2D eigenvalue weighted by Crippen LogP contribution is 2.14. The molecular weight excluding hydrogens is 400 g/mol. The van der Waals surface area contributed by atoms with Crippen molar-refractivity contribution < 1.29 is 18.0 Å². The molecule has 0 spiro atoms. The van der Waals surface area contributed by atoms with E-state index in [1.807, 2.05) is 19.1 Å². The van der Waals surface area contributed by atoms with Crippen LogP contribution in [-0.2, 0) is 25.4 Å². The van der Waals surface area contributed by atoms with Crippen LogP contribution in [0.1, 0.15) is 11.1 Å². The molecule has 0 saturated carbocycles. The van der Waals surface area contributed by atoms with E-state index in [-0.39, 0.29) is 16.6 Å². The lowest BCUT2D eigenvalue weighted by Crippen LogP contribution is -2.47. The fourth-order valence-corrected chi connectivity index (χ4v) is 4.03.